The highest BCUT2D eigenvalue weighted by atomic mass is 32.2. The molecule has 120 valence electrons. The van der Waals surface area contributed by atoms with Crippen molar-refractivity contribution >= 4 is 20.0 Å². The van der Waals surface area contributed by atoms with Crippen molar-refractivity contribution < 1.29 is 16.8 Å². The van der Waals surface area contributed by atoms with Crippen LogP contribution in [0, 0.1) is 0 Å². The fourth-order valence-electron chi connectivity index (χ4n) is 1.97. The first-order valence-electron chi connectivity index (χ1n) is 7.13. The Kier molecular flexibility index (Phi) is 6.43. The van der Waals surface area contributed by atoms with E-state index in [9.17, 15) is 16.8 Å². The molecular weight excluding hydrogens is 300 g/mol. The summed E-state index contributed by atoms with van der Waals surface area (Å²) >= 11 is 0. The van der Waals surface area contributed by atoms with Crippen molar-refractivity contribution in [3.63, 3.8) is 0 Å². The van der Waals surface area contributed by atoms with Gasteiger partial charge in [0.1, 0.15) is 0 Å². The van der Waals surface area contributed by atoms with Crippen molar-refractivity contribution in [2.45, 2.75) is 70.2 Å². The zero-order valence-electron chi connectivity index (χ0n) is 12.4. The Morgan fingerprint density at radius 2 is 1.60 bits per heavy atom. The van der Waals surface area contributed by atoms with Crippen LogP contribution in [0.15, 0.2) is 0 Å². The van der Waals surface area contributed by atoms with Gasteiger partial charge >= 0.3 is 0 Å². The van der Waals surface area contributed by atoms with Crippen molar-refractivity contribution in [1.29, 1.82) is 0 Å². The summed E-state index contributed by atoms with van der Waals surface area (Å²) in [4.78, 5) is 0. The predicted molar refractivity (Wildman–Crippen MR) is 80.4 cm³/mol. The smallest absolute Gasteiger partial charge is 0.213 e. The molecule has 0 amide bonds. The van der Waals surface area contributed by atoms with E-state index in [1.807, 2.05) is 6.92 Å². The highest BCUT2D eigenvalue weighted by Gasteiger charge is 2.36. The molecule has 2 N–H and O–H groups in total. The van der Waals surface area contributed by atoms with Gasteiger partial charge < -0.3 is 0 Å². The Morgan fingerprint density at radius 3 is 2.10 bits per heavy atom. The van der Waals surface area contributed by atoms with Crippen LogP contribution in [0.2, 0.25) is 0 Å². The lowest BCUT2D eigenvalue weighted by atomic mass is 10.2. The first kappa shape index (κ1) is 17.9. The van der Waals surface area contributed by atoms with Gasteiger partial charge in [-0.25, -0.2) is 26.3 Å². The van der Waals surface area contributed by atoms with E-state index in [0.29, 0.717) is 19.3 Å². The molecule has 1 atom stereocenters. The third-order valence-corrected chi connectivity index (χ3v) is 6.78. The molecule has 0 saturated heterocycles. The number of sulfonamides is 2. The van der Waals surface area contributed by atoms with Crippen LogP contribution in [0.25, 0.3) is 0 Å². The Hall–Kier alpha value is -0.180. The van der Waals surface area contributed by atoms with Gasteiger partial charge in [-0.1, -0.05) is 6.42 Å². The molecule has 20 heavy (non-hydrogen) atoms. The van der Waals surface area contributed by atoms with Crippen LogP contribution in [0.5, 0.6) is 0 Å². The van der Waals surface area contributed by atoms with E-state index in [4.69, 9.17) is 0 Å². The normalized spacial score (nSPS) is 18.4. The van der Waals surface area contributed by atoms with Crippen LogP contribution in [-0.2, 0) is 20.0 Å². The summed E-state index contributed by atoms with van der Waals surface area (Å²) in [6, 6.07) is -0.231. The molecule has 0 aromatic rings. The molecule has 1 fully saturated rings. The molecule has 1 aliphatic carbocycles. The largest absolute Gasteiger partial charge is 0.214 e. The monoisotopic (exact) mass is 326 g/mol. The zero-order chi connectivity index (χ0) is 15.4. The minimum Gasteiger partial charge on any atom is -0.213 e. The zero-order valence-corrected chi connectivity index (χ0v) is 14.1. The first-order chi connectivity index (χ1) is 9.12. The van der Waals surface area contributed by atoms with Crippen LogP contribution < -0.4 is 9.44 Å². The van der Waals surface area contributed by atoms with Crippen LogP contribution >= 0.6 is 0 Å². The highest BCUT2D eigenvalue weighted by molar-refractivity contribution is 7.90. The molecule has 6 nitrogen and oxygen atoms in total. The summed E-state index contributed by atoms with van der Waals surface area (Å²) < 4.78 is 51.8. The van der Waals surface area contributed by atoms with Crippen LogP contribution in [0.3, 0.4) is 0 Å². The quantitative estimate of drug-likeness (QED) is 0.585. The average molecular weight is 326 g/mol. The second-order valence-corrected chi connectivity index (χ2v) is 9.72. The van der Waals surface area contributed by atoms with Crippen molar-refractivity contribution in [3.05, 3.63) is 0 Å². The summed E-state index contributed by atoms with van der Waals surface area (Å²) in [5, 5.41) is -0.208. The molecule has 1 saturated carbocycles. The maximum absolute atomic E-state index is 11.7. The lowest BCUT2D eigenvalue weighted by Crippen LogP contribution is -2.35. The number of hydrogen-bond acceptors (Lipinski definition) is 4. The van der Waals surface area contributed by atoms with E-state index in [0.717, 1.165) is 12.8 Å². The second kappa shape index (κ2) is 7.20. The average Bonchev–Trinajstić information content (AvgIpc) is 3.05. The lowest BCUT2D eigenvalue weighted by molar-refractivity contribution is 0.528. The van der Waals surface area contributed by atoms with Gasteiger partial charge in [0.2, 0.25) is 20.0 Å². The number of nitrogens with one attached hydrogen (secondary N) is 2. The fraction of sp³-hybridized carbons (Fsp3) is 1.00. The highest BCUT2D eigenvalue weighted by Crippen LogP contribution is 2.27. The van der Waals surface area contributed by atoms with Gasteiger partial charge in [-0.15, -0.1) is 0 Å². The first-order valence-corrected chi connectivity index (χ1v) is 10.3. The number of hydrogen-bond donors (Lipinski definition) is 2. The Morgan fingerprint density at radius 1 is 1.00 bits per heavy atom. The Balaban J connectivity index is 2.20. The minimum absolute atomic E-state index is 0.0906. The molecule has 1 aliphatic rings. The van der Waals surface area contributed by atoms with Gasteiger partial charge in [0.15, 0.2) is 0 Å². The predicted octanol–water partition coefficient (Wildman–Crippen LogP) is 0.955. The second-order valence-electron chi connectivity index (χ2n) is 5.85. The summed E-state index contributed by atoms with van der Waals surface area (Å²) in [6.07, 6.45) is 3.39. The van der Waals surface area contributed by atoms with Crippen LogP contribution in [0.1, 0.15) is 52.9 Å². The molecule has 0 spiro atoms. The van der Waals surface area contributed by atoms with E-state index >= 15 is 0 Å². The third kappa shape index (κ3) is 7.01. The summed E-state index contributed by atoms with van der Waals surface area (Å²) in [6.45, 7) is 5.39. The molecule has 0 heterocycles. The van der Waals surface area contributed by atoms with Crippen molar-refractivity contribution in [2.75, 3.05) is 5.75 Å². The molecule has 1 rings (SSSR count). The number of rotatable bonds is 10. The lowest BCUT2D eigenvalue weighted by Gasteiger charge is -2.14. The molecule has 0 aromatic heterocycles. The SMILES string of the molecule is CC(C)NS(=O)(=O)CCCCC(C)NS(=O)(=O)C1CC1. The standard InChI is InChI=1S/C12H26N2O4S2/c1-10(2)13-19(15,16)9-5-4-6-11(3)14-20(17,18)12-7-8-12/h10-14H,4-9H2,1-3H3. The van der Waals surface area contributed by atoms with Crippen LogP contribution in [-0.4, -0.2) is 39.9 Å². The van der Waals surface area contributed by atoms with E-state index in [1.54, 1.807) is 13.8 Å². The summed E-state index contributed by atoms with van der Waals surface area (Å²) in [5.41, 5.74) is 0. The molecule has 0 bridgehead atoms. The molecule has 0 aromatic carbocycles. The van der Waals surface area contributed by atoms with Gasteiger partial charge in [0, 0.05) is 12.1 Å². The Bertz CT molecular complexity index is 496. The maximum Gasteiger partial charge on any atom is 0.214 e. The molecule has 0 aliphatic heterocycles. The van der Waals surface area contributed by atoms with Crippen molar-refractivity contribution in [2.24, 2.45) is 0 Å². The van der Waals surface area contributed by atoms with E-state index in [2.05, 4.69) is 9.44 Å². The molecular formula is C12H26N2O4S2. The van der Waals surface area contributed by atoms with Crippen molar-refractivity contribution in [1.82, 2.24) is 9.44 Å². The molecule has 0 radical (unpaired) electrons. The van der Waals surface area contributed by atoms with Gasteiger partial charge in [-0.3, -0.25) is 0 Å². The van der Waals surface area contributed by atoms with Gasteiger partial charge in [-0.2, -0.15) is 0 Å². The topological polar surface area (TPSA) is 92.3 Å². The minimum atomic E-state index is -3.21. The van der Waals surface area contributed by atoms with Gasteiger partial charge in [0.25, 0.3) is 0 Å². The fourth-order valence-corrected chi connectivity index (χ4v) is 5.02. The Labute approximate surface area is 122 Å². The summed E-state index contributed by atoms with van der Waals surface area (Å²) in [7, 11) is -6.35. The molecule has 8 heteroatoms. The van der Waals surface area contributed by atoms with Crippen molar-refractivity contribution in [3.8, 4) is 0 Å². The van der Waals surface area contributed by atoms with E-state index in [-0.39, 0.29) is 23.1 Å². The van der Waals surface area contributed by atoms with Gasteiger partial charge in [-0.05, 0) is 46.5 Å². The van der Waals surface area contributed by atoms with E-state index in [1.165, 1.54) is 0 Å². The maximum atomic E-state index is 11.7. The van der Waals surface area contributed by atoms with Crippen LogP contribution in [0.4, 0.5) is 0 Å². The number of unbranched alkanes of at least 4 members (excludes halogenated alkanes) is 1. The van der Waals surface area contributed by atoms with E-state index < -0.39 is 20.0 Å². The molecule has 1 unspecified atom stereocenters. The third-order valence-electron chi connectivity index (χ3n) is 3.04. The van der Waals surface area contributed by atoms with Gasteiger partial charge in [0.05, 0.1) is 11.0 Å². The summed E-state index contributed by atoms with van der Waals surface area (Å²) in [5.74, 6) is 0.0906.